The molecule has 0 saturated carbocycles. The largest absolute Gasteiger partial charge is 0.480 e. The minimum absolute atomic E-state index is 0.188. The van der Waals surface area contributed by atoms with Gasteiger partial charge in [-0.05, 0) is 26.2 Å². The van der Waals surface area contributed by atoms with Crippen molar-refractivity contribution in [2.24, 2.45) is 0 Å². The number of carbonyl (C=O) groups excluding carboxylic acids is 1. The smallest absolute Gasteiger partial charge is 0.457 e. The van der Waals surface area contributed by atoms with E-state index in [9.17, 15) is 9.36 Å². The van der Waals surface area contributed by atoms with Crippen LogP contribution < -0.4 is 0 Å². The van der Waals surface area contributed by atoms with Gasteiger partial charge in [-0.3, -0.25) is 13.8 Å². The number of likely N-dealkylation sites (tertiary alicyclic amines) is 1. The standard InChI is InChI=1S/C29H57NO7P/c1-6-7-8-9-10-11-12-13-14-15-16-17-18-19-23-33-24-28(34-26(3)31)25(2)35-38(32)36-27-21-20-22-30(4,5)29(27)37-38/h25,27-29H,6-24H2,1-5H3/q+1. The van der Waals surface area contributed by atoms with Crippen LogP contribution in [0.25, 0.3) is 0 Å². The Morgan fingerprint density at radius 2 is 1.47 bits per heavy atom. The summed E-state index contributed by atoms with van der Waals surface area (Å²) < 4.78 is 42.4. The summed E-state index contributed by atoms with van der Waals surface area (Å²) in [5, 5.41) is 0. The van der Waals surface area contributed by atoms with Gasteiger partial charge in [-0.25, -0.2) is 9.09 Å². The highest BCUT2D eigenvalue weighted by atomic mass is 31.2. The minimum atomic E-state index is -3.75. The number of fused-ring (bicyclic) bond motifs is 1. The molecule has 38 heavy (non-hydrogen) atoms. The quantitative estimate of drug-likeness (QED) is 0.0619. The van der Waals surface area contributed by atoms with Crippen molar-refractivity contribution in [2.75, 3.05) is 33.9 Å². The lowest BCUT2D eigenvalue weighted by molar-refractivity contribution is -0.939. The molecule has 0 spiro atoms. The summed E-state index contributed by atoms with van der Waals surface area (Å²) >= 11 is 0. The van der Waals surface area contributed by atoms with Crippen molar-refractivity contribution in [1.29, 1.82) is 0 Å². The van der Waals surface area contributed by atoms with Crippen molar-refractivity contribution >= 4 is 13.8 Å². The van der Waals surface area contributed by atoms with E-state index in [4.69, 9.17) is 23.0 Å². The molecule has 8 nitrogen and oxygen atoms in total. The maximum absolute atomic E-state index is 13.2. The third-order valence-electron chi connectivity index (χ3n) is 7.79. The van der Waals surface area contributed by atoms with E-state index in [1.54, 1.807) is 6.92 Å². The van der Waals surface area contributed by atoms with E-state index in [0.29, 0.717) is 11.1 Å². The summed E-state index contributed by atoms with van der Waals surface area (Å²) in [7, 11) is 0.348. The average molecular weight is 563 g/mol. The van der Waals surface area contributed by atoms with E-state index in [1.165, 1.54) is 84.0 Å². The number of phosphoric acid groups is 1. The number of hydrogen-bond donors (Lipinski definition) is 0. The fraction of sp³-hybridized carbons (Fsp3) is 0.966. The Balaban J connectivity index is 1.56. The van der Waals surface area contributed by atoms with Gasteiger partial charge in [0.15, 0.2) is 6.10 Å². The van der Waals surface area contributed by atoms with Crippen LogP contribution in [-0.4, -0.2) is 68.8 Å². The Labute approximate surface area is 232 Å². The molecule has 0 N–H and O–H groups in total. The van der Waals surface area contributed by atoms with Gasteiger partial charge in [-0.15, -0.1) is 0 Å². The molecular formula is C29H57NO7P+. The molecule has 5 unspecified atom stereocenters. The van der Waals surface area contributed by atoms with Crippen LogP contribution in [0.1, 0.15) is 124 Å². The number of carbonyl (C=O) groups is 1. The zero-order chi connectivity index (χ0) is 27.9. The number of phosphoric ester groups is 1. The predicted molar refractivity (Wildman–Crippen MR) is 151 cm³/mol. The normalized spacial score (nSPS) is 26.1. The van der Waals surface area contributed by atoms with Crippen molar-refractivity contribution in [3.63, 3.8) is 0 Å². The molecule has 5 atom stereocenters. The molecule has 0 aliphatic carbocycles. The summed E-state index contributed by atoms with van der Waals surface area (Å²) in [6, 6.07) is 0. The lowest BCUT2D eigenvalue weighted by Crippen LogP contribution is -2.56. The van der Waals surface area contributed by atoms with Crippen LogP contribution in [0.5, 0.6) is 0 Å². The van der Waals surface area contributed by atoms with Crippen molar-refractivity contribution in [1.82, 2.24) is 0 Å². The summed E-state index contributed by atoms with van der Waals surface area (Å²) in [4.78, 5) is 11.7. The van der Waals surface area contributed by atoms with E-state index in [1.807, 2.05) is 14.1 Å². The average Bonchev–Trinajstić information content (AvgIpc) is 3.20. The van der Waals surface area contributed by atoms with Crippen molar-refractivity contribution < 1.29 is 36.9 Å². The summed E-state index contributed by atoms with van der Waals surface area (Å²) in [5.41, 5.74) is 0. The van der Waals surface area contributed by atoms with Crippen LogP contribution in [0.3, 0.4) is 0 Å². The van der Waals surface area contributed by atoms with Gasteiger partial charge >= 0.3 is 13.8 Å². The number of ether oxygens (including phenoxy) is 2. The van der Waals surface area contributed by atoms with Gasteiger partial charge in [0.05, 0.1) is 27.2 Å². The maximum Gasteiger partial charge on any atom is 0.480 e. The third kappa shape index (κ3) is 12.8. The first-order valence-electron chi connectivity index (χ1n) is 15.4. The molecule has 2 aliphatic rings. The molecule has 2 saturated heterocycles. The number of rotatable bonds is 21. The van der Waals surface area contributed by atoms with Gasteiger partial charge in [0.2, 0.25) is 6.23 Å². The molecule has 9 heteroatoms. The lowest BCUT2D eigenvalue weighted by atomic mass is 10.0. The second-order valence-corrected chi connectivity index (χ2v) is 13.4. The van der Waals surface area contributed by atoms with Crippen LogP contribution in [0, 0.1) is 0 Å². The maximum atomic E-state index is 13.2. The molecule has 2 aliphatic heterocycles. The summed E-state index contributed by atoms with van der Waals surface area (Å²) in [6.45, 7) is 7.06. The highest BCUT2D eigenvalue weighted by molar-refractivity contribution is 7.48. The number of piperidine rings is 1. The van der Waals surface area contributed by atoms with E-state index in [2.05, 4.69) is 6.92 Å². The Morgan fingerprint density at radius 3 is 2.00 bits per heavy atom. The molecule has 0 radical (unpaired) electrons. The highest BCUT2D eigenvalue weighted by Gasteiger charge is 2.56. The van der Waals surface area contributed by atoms with Gasteiger partial charge in [0.25, 0.3) is 0 Å². The van der Waals surface area contributed by atoms with E-state index in [-0.39, 0.29) is 18.9 Å². The van der Waals surface area contributed by atoms with Gasteiger partial charge < -0.3 is 14.0 Å². The van der Waals surface area contributed by atoms with Crippen molar-refractivity contribution in [3.8, 4) is 0 Å². The fourth-order valence-electron chi connectivity index (χ4n) is 5.44. The molecule has 2 rings (SSSR count). The Hall–Kier alpha value is -0.500. The number of esters is 1. The van der Waals surface area contributed by atoms with Gasteiger partial charge in [-0.2, -0.15) is 0 Å². The number of unbranched alkanes of at least 4 members (excludes halogenated alkanes) is 13. The molecule has 0 amide bonds. The molecule has 0 aromatic rings. The second kappa shape index (κ2) is 18.0. The zero-order valence-corrected chi connectivity index (χ0v) is 25.9. The number of nitrogens with zero attached hydrogens (tertiary/aromatic N) is 1. The monoisotopic (exact) mass is 562 g/mol. The Morgan fingerprint density at radius 1 is 0.921 bits per heavy atom. The highest BCUT2D eigenvalue weighted by Crippen LogP contribution is 2.61. The molecule has 224 valence electrons. The topological polar surface area (TPSA) is 80.3 Å². The predicted octanol–water partition coefficient (Wildman–Crippen LogP) is 7.54. The number of hydrogen-bond acceptors (Lipinski definition) is 7. The SMILES string of the molecule is CCCCCCCCCCCCCCCCOCC(OC(C)=O)C(C)OP1(=O)OC2CCC[N+](C)(C)C2O1. The molecule has 0 aromatic heterocycles. The van der Waals surface area contributed by atoms with E-state index >= 15 is 0 Å². The van der Waals surface area contributed by atoms with Crippen LogP contribution >= 0.6 is 7.82 Å². The third-order valence-corrected chi connectivity index (χ3v) is 9.39. The van der Waals surface area contributed by atoms with E-state index < -0.39 is 26.0 Å². The van der Waals surface area contributed by atoms with Crippen molar-refractivity contribution in [2.45, 2.75) is 148 Å². The molecule has 0 bridgehead atoms. The van der Waals surface area contributed by atoms with Gasteiger partial charge in [-0.1, -0.05) is 90.4 Å². The molecule has 2 heterocycles. The van der Waals surface area contributed by atoms with Gasteiger partial charge in [0.1, 0.15) is 12.2 Å². The van der Waals surface area contributed by atoms with Crippen molar-refractivity contribution in [3.05, 3.63) is 0 Å². The zero-order valence-electron chi connectivity index (χ0n) is 25.0. The molecular weight excluding hydrogens is 505 g/mol. The first-order chi connectivity index (χ1) is 18.2. The van der Waals surface area contributed by atoms with Crippen LogP contribution in [0.4, 0.5) is 0 Å². The first-order valence-corrected chi connectivity index (χ1v) is 16.9. The van der Waals surface area contributed by atoms with E-state index in [0.717, 1.165) is 32.2 Å². The summed E-state index contributed by atoms with van der Waals surface area (Å²) in [5.74, 6) is -0.427. The lowest BCUT2D eigenvalue weighted by Gasteiger charge is -2.39. The minimum Gasteiger partial charge on any atom is -0.457 e. The molecule has 0 aromatic carbocycles. The number of likely N-dealkylation sites (N-methyl/N-ethyl adjacent to an activating group) is 1. The van der Waals surface area contributed by atoms with Crippen LogP contribution in [0.15, 0.2) is 0 Å². The van der Waals surface area contributed by atoms with Crippen LogP contribution in [0.2, 0.25) is 0 Å². The van der Waals surface area contributed by atoms with Crippen LogP contribution in [-0.2, 0) is 32.4 Å². The molecule has 2 fully saturated rings. The Kier molecular flexibility index (Phi) is 16.0. The number of quaternary nitrogens is 1. The first kappa shape index (κ1) is 33.7. The Bertz CT molecular complexity index is 704. The van der Waals surface area contributed by atoms with Gasteiger partial charge in [0, 0.05) is 13.5 Å². The summed E-state index contributed by atoms with van der Waals surface area (Å²) in [6.07, 6.45) is 18.2. The second-order valence-electron chi connectivity index (χ2n) is 11.9. The fourth-order valence-corrected chi connectivity index (χ4v) is 7.33.